The van der Waals surface area contributed by atoms with Crippen LogP contribution in [0.2, 0.25) is 0 Å². The molecule has 2 fully saturated rings. The van der Waals surface area contributed by atoms with E-state index in [0.717, 1.165) is 6.42 Å². The lowest BCUT2D eigenvalue weighted by Crippen LogP contribution is -2.27. The summed E-state index contributed by atoms with van der Waals surface area (Å²) in [5, 5.41) is 9.68. The standard InChI is InChI=1S/C9H11O2/c1-4-9-7(8(9,3)10)5-6(2)11-9/h1,6-7,10H,2,5H2,3H3/q-1. The number of terminal acetylenes is 1. The third-order valence-electron chi connectivity index (χ3n) is 2.90. The third-order valence-corrected chi connectivity index (χ3v) is 2.90. The average Bonchev–Trinajstić information content (AvgIpc) is 2.26. The zero-order valence-corrected chi connectivity index (χ0v) is 6.50. The van der Waals surface area contributed by atoms with E-state index in [0.29, 0.717) is 0 Å². The minimum Gasteiger partial charge on any atom is -0.388 e. The molecule has 0 spiro atoms. The molecule has 0 radical (unpaired) electrons. The summed E-state index contributed by atoms with van der Waals surface area (Å²) >= 11 is 0. The van der Waals surface area contributed by atoms with Crippen molar-refractivity contribution >= 4 is 0 Å². The van der Waals surface area contributed by atoms with Crippen LogP contribution in [0.15, 0.2) is 0 Å². The van der Waals surface area contributed by atoms with Crippen molar-refractivity contribution in [3.05, 3.63) is 6.92 Å². The van der Waals surface area contributed by atoms with Gasteiger partial charge in [0.1, 0.15) is 5.60 Å². The largest absolute Gasteiger partial charge is 0.388 e. The molecular formula is C9H11O2-. The number of hydrogen-bond acceptors (Lipinski definition) is 2. The van der Waals surface area contributed by atoms with E-state index in [2.05, 4.69) is 12.8 Å². The van der Waals surface area contributed by atoms with Gasteiger partial charge < -0.3 is 16.8 Å². The summed E-state index contributed by atoms with van der Waals surface area (Å²) in [7, 11) is 0. The molecule has 0 aromatic heterocycles. The van der Waals surface area contributed by atoms with Crippen LogP contribution in [0.3, 0.4) is 0 Å². The summed E-state index contributed by atoms with van der Waals surface area (Å²) in [5.74, 6) is 2.62. The number of hydrogen-bond donors (Lipinski definition) is 1. The number of fused-ring (bicyclic) bond motifs is 1. The van der Waals surface area contributed by atoms with Gasteiger partial charge in [-0.15, -0.1) is 6.42 Å². The monoisotopic (exact) mass is 151 g/mol. The van der Waals surface area contributed by atoms with Gasteiger partial charge >= 0.3 is 0 Å². The maximum absolute atomic E-state index is 9.68. The molecular weight excluding hydrogens is 140 g/mol. The predicted molar refractivity (Wildman–Crippen MR) is 40.5 cm³/mol. The Morgan fingerprint density at radius 2 is 2.45 bits per heavy atom. The molecule has 11 heavy (non-hydrogen) atoms. The van der Waals surface area contributed by atoms with Crippen LogP contribution in [0.1, 0.15) is 13.3 Å². The summed E-state index contributed by atoms with van der Waals surface area (Å²) < 4.78 is 5.39. The Bertz CT molecular complexity index is 238. The Kier molecular flexibility index (Phi) is 1.06. The lowest BCUT2D eigenvalue weighted by Gasteiger charge is -2.21. The Labute approximate surface area is 66.6 Å². The lowest BCUT2D eigenvalue weighted by atomic mass is 10.1. The number of rotatable bonds is 0. The highest BCUT2D eigenvalue weighted by Crippen LogP contribution is 2.63. The van der Waals surface area contributed by atoms with Crippen molar-refractivity contribution in [1.29, 1.82) is 0 Å². The average molecular weight is 151 g/mol. The molecule has 0 amide bonds. The minimum atomic E-state index is -0.810. The molecule has 0 aromatic carbocycles. The van der Waals surface area contributed by atoms with Gasteiger partial charge in [-0.25, -0.2) is 0 Å². The highest BCUT2D eigenvalue weighted by atomic mass is 16.6. The topological polar surface area (TPSA) is 29.5 Å². The van der Waals surface area contributed by atoms with Crippen molar-refractivity contribution < 1.29 is 9.84 Å². The van der Waals surface area contributed by atoms with Crippen molar-refractivity contribution in [2.75, 3.05) is 0 Å². The van der Waals surface area contributed by atoms with E-state index in [9.17, 15) is 5.11 Å². The third kappa shape index (κ3) is 0.571. The van der Waals surface area contributed by atoms with Crippen LogP contribution < -0.4 is 0 Å². The molecule has 1 heterocycles. The maximum atomic E-state index is 9.68. The summed E-state index contributed by atoms with van der Waals surface area (Å²) in [6.07, 6.45) is 6.01. The molecule has 2 nitrogen and oxygen atoms in total. The van der Waals surface area contributed by atoms with E-state index < -0.39 is 11.2 Å². The molecule has 1 N–H and O–H groups in total. The second-order valence-electron chi connectivity index (χ2n) is 3.56. The molecule has 60 valence electrons. The van der Waals surface area contributed by atoms with Gasteiger partial charge in [0.15, 0.2) is 5.60 Å². The van der Waals surface area contributed by atoms with Gasteiger partial charge in [0.25, 0.3) is 0 Å². The summed E-state index contributed by atoms with van der Waals surface area (Å²) in [6, 6.07) is 0. The van der Waals surface area contributed by atoms with Crippen molar-refractivity contribution in [3.8, 4) is 12.3 Å². The van der Waals surface area contributed by atoms with Crippen LogP contribution in [-0.2, 0) is 4.74 Å². The molecule has 1 aliphatic carbocycles. The smallest absolute Gasteiger partial charge is 0.159 e. The number of aliphatic hydroxyl groups is 1. The molecule has 1 saturated heterocycles. The zero-order valence-electron chi connectivity index (χ0n) is 6.50. The Balaban J connectivity index is 2.29. The fourth-order valence-corrected chi connectivity index (χ4v) is 2.11. The van der Waals surface area contributed by atoms with Crippen molar-refractivity contribution in [2.24, 2.45) is 5.92 Å². The molecule has 0 bridgehead atoms. The Morgan fingerprint density at radius 3 is 2.82 bits per heavy atom. The van der Waals surface area contributed by atoms with Crippen LogP contribution in [-0.4, -0.2) is 22.4 Å². The van der Waals surface area contributed by atoms with Crippen molar-refractivity contribution in [2.45, 2.75) is 30.7 Å². The maximum Gasteiger partial charge on any atom is 0.159 e. The fourth-order valence-electron chi connectivity index (χ4n) is 2.11. The Morgan fingerprint density at radius 1 is 1.82 bits per heavy atom. The fraction of sp³-hybridized carbons (Fsp3) is 0.667. The van der Waals surface area contributed by atoms with E-state index in [-0.39, 0.29) is 12.0 Å². The van der Waals surface area contributed by atoms with E-state index in [4.69, 9.17) is 11.2 Å². The van der Waals surface area contributed by atoms with Gasteiger partial charge in [0.2, 0.25) is 0 Å². The van der Waals surface area contributed by atoms with Crippen molar-refractivity contribution in [1.82, 2.24) is 0 Å². The van der Waals surface area contributed by atoms with E-state index in [1.807, 2.05) is 0 Å². The summed E-state index contributed by atoms with van der Waals surface area (Å²) in [4.78, 5) is 0. The first-order chi connectivity index (χ1) is 5.04. The van der Waals surface area contributed by atoms with Crippen LogP contribution in [0.4, 0.5) is 0 Å². The minimum absolute atomic E-state index is 0.0451. The lowest BCUT2D eigenvalue weighted by molar-refractivity contribution is -0.0211. The molecule has 1 aliphatic heterocycles. The zero-order chi connectivity index (χ0) is 8.28. The van der Waals surface area contributed by atoms with Gasteiger partial charge in [0, 0.05) is 5.92 Å². The molecule has 2 aliphatic rings. The van der Waals surface area contributed by atoms with E-state index >= 15 is 0 Å². The van der Waals surface area contributed by atoms with Crippen LogP contribution in [0.5, 0.6) is 0 Å². The SMILES string of the molecule is C#CC12OC([CH2-])CC1C2(C)O. The van der Waals surface area contributed by atoms with Crippen LogP contribution >= 0.6 is 0 Å². The molecule has 0 aromatic rings. The molecule has 4 atom stereocenters. The molecule has 1 saturated carbocycles. The normalized spacial score (nSPS) is 60.2. The van der Waals surface area contributed by atoms with Gasteiger partial charge in [-0.05, 0) is 13.3 Å². The van der Waals surface area contributed by atoms with E-state index in [1.54, 1.807) is 6.92 Å². The first kappa shape index (κ1) is 7.15. The highest BCUT2D eigenvalue weighted by Gasteiger charge is 2.77. The van der Waals surface area contributed by atoms with Gasteiger partial charge in [-0.3, -0.25) is 0 Å². The first-order valence-electron chi connectivity index (χ1n) is 3.75. The quantitative estimate of drug-likeness (QED) is 0.400. The first-order valence-corrected chi connectivity index (χ1v) is 3.75. The second kappa shape index (κ2) is 1.63. The molecule has 2 heteroatoms. The second-order valence-corrected chi connectivity index (χ2v) is 3.56. The van der Waals surface area contributed by atoms with E-state index in [1.165, 1.54) is 0 Å². The predicted octanol–water partition coefficient (Wildman–Crippen LogP) is 0.362. The summed E-state index contributed by atoms with van der Waals surface area (Å²) in [6.45, 7) is 5.47. The molecule has 4 unspecified atom stereocenters. The highest BCUT2D eigenvalue weighted by molar-refractivity contribution is 5.39. The summed E-state index contributed by atoms with van der Waals surface area (Å²) in [5.41, 5.74) is -1.52. The number of ether oxygens (including phenoxy) is 1. The Hall–Kier alpha value is -0.520. The van der Waals surface area contributed by atoms with Gasteiger partial charge in [0.05, 0.1) is 0 Å². The van der Waals surface area contributed by atoms with Gasteiger partial charge in [-0.1, -0.05) is 12.0 Å². The van der Waals surface area contributed by atoms with Crippen LogP contribution in [0.25, 0.3) is 0 Å². The molecule has 2 rings (SSSR count). The van der Waals surface area contributed by atoms with Crippen molar-refractivity contribution in [3.63, 3.8) is 0 Å². The van der Waals surface area contributed by atoms with Gasteiger partial charge in [-0.2, -0.15) is 0 Å². The van der Waals surface area contributed by atoms with Crippen LogP contribution in [0, 0.1) is 25.2 Å².